The second-order valence-corrected chi connectivity index (χ2v) is 5.86. The number of carbonyl (C=O) groups excluding carboxylic acids is 2. The highest BCUT2D eigenvalue weighted by Crippen LogP contribution is 2.26. The van der Waals surface area contributed by atoms with Gasteiger partial charge in [0.15, 0.2) is 0 Å². The first kappa shape index (κ1) is 15.4. The summed E-state index contributed by atoms with van der Waals surface area (Å²) in [5.41, 5.74) is 1.75. The van der Waals surface area contributed by atoms with E-state index < -0.39 is 6.10 Å². The fourth-order valence-electron chi connectivity index (χ4n) is 2.95. The Labute approximate surface area is 135 Å². The van der Waals surface area contributed by atoms with Gasteiger partial charge in [0.2, 0.25) is 11.8 Å². The van der Waals surface area contributed by atoms with Crippen molar-refractivity contribution in [3.8, 4) is 0 Å². The van der Waals surface area contributed by atoms with Crippen LogP contribution in [0.1, 0.15) is 23.7 Å². The van der Waals surface area contributed by atoms with Gasteiger partial charge >= 0.3 is 0 Å². The number of nitrogens with zero attached hydrogens (tertiary/aromatic N) is 1. The highest BCUT2D eigenvalue weighted by molar-refractivity contribution is 6.03. The standard InChI is InChI=1S/C19H19NO3/c21-17(15-9-5-2-6-10-15)13-20-18(22)12-16(19(20)23)11-14-7-3-1-4-8-14/h1-10,16-17,21H,11-13H2. The molecule has 1 aliphatic rings. The lowest BCUT2D eigenvalue weighted by Gasteiger charge is -2.19. The van der Waals surface area contributed by atoms with Crippen molar-refractivity contribution in [2.45, 2.75) is 18.9 Å². The van der Waals surface area contributed by atoms with Crippen molar-refractivity contribution in [3.63, 3.8) is 0 Å². The molecule has 0 saturated carbocycles. The predicted molar refractivity (Wildman–Crippen MR) is 86.4 cm³/mol. The van der Waals surface area contributed by atoms with Gasteiger partial charge in [0.05, 0.1) is 18.6 Å². The Morgan fingerprint density at radius 2 is 1.61 bits per heavy atom. The van der Waals surface area contributed by atoms with Crippen LogP contribution in [0.3, 0.4) is 0 Å². The average molecular weight is 309 g/mol. The van der Waals surface area contributed by atoms with Crippen LogP contribution in [0.25, 0.3) is 0 Å². The molecule has 1 saturated heterocycles. The minimum absolute atomic E-state index is 0.0208. The third-order valence-corrected chi connectivity index (χ3v) is 4.20. The first-order valence-electron chi connectivity index (χ1n) is 7.76. The number of hydrogen-bond donors (Lipinski definition) is 1. The summed E-state index contributed by atoms with van der Waals surface area (Å²) in [6.45, 7) is 0.0208. The maximum atomic E-state index is 12.5. The molecule has 1 heterocycles. The lowest BCUT2D eigenvalue weighted by Crippen LogP contribution is -2.34. The Hall–Kier alpha value is -2.46. The fraction of sp³-hybridized carbons (Fsp3) is 0.263. The van der Waals surface area contributed by atoms with Crippen LogP contribution >= 0.6 is 0 Å². The minimum Gasteiger partial charge on any atom is -0.387 e. The molecular formula is C19H19NO3. The maximum Gasteiger partial charge on any atom is 0.233 e. The molecule has 2 aromatic carbocycles. The zero-order chi connectivity index (χ0) is 16.2. The number of carbonyl (C=O) groups is 2. The number of rotatable bonds is 5. The van der Waals surface area contributed by atoms with Crippen molar-refractivity contribution in [2.24, 2.45) is 5.92 Å². The average Bonchev–Trinajstić information content (AvgIpc) is 2.84. The molecular weight excluding hydrogens is 290 g/mol. The SMILES string of the molecule is O=C1CC(Cc2ccccc2)C(=O)N1CC(O)c1ccccc1. The van der Waals surface area contributed by atoms with Crippen molar-refractivity contribution in [3.05, 3.63) is 71.8 Å². The lowest BCUT2D eigenvalue weighted by molar-refractivity contribution is -0.141. The molecule has 23 heavy (non-hydrogen) atoms. The third-order valence-electron chi connectivity index (χ3n) is 4.20. The number of amides is 2. The van der Waals surface area contributed by atoms with Gasteiger partial charge in [-0.25, -0.2) is 0 Å². The van der Waals surface area contributed by atoms with Crippen molar-refractivity contribution >= 4 is 11.8 Å². The van der Waals surface area contributed by atoms with Crippen molar-refractivity contribution in [2.75, 3.05) is 6.54 Å². The second kappa shape index (κ2) is 6.75. The topological polar surface area (TPSA) is 57.6 Å². The van der Waals surface area contributed by atoms with Crippen LogP contribution in [0.5, 0.6) is 0 Å². The Bertz CT molecular complexity index is 684. The van der Waals surface area contributed by atoms with E-state index >= 15 is 0 Å². The van der Waals surface area contributed by atoms with Crippen molar-refractivity contribution in [1.82, 2.24) is 4.90 Å². The van der Waals surface area contributed by atoms with Crippen LogP contribution in [-0.2, 0) is 16.0 Å². The number of benzene rings is 2. The quantitative estimate of drug-likeness (QED) is 0.863. The Balaban J connectivity index is 1.67. The van der Waals surface area contributed by atoms with E-state index in [9.17, 15) is 14.7 Å². The molecule has 0 radical (unpaired) electrons. The van der Waals surface area contributed by atoms with E-state index in [1.165, 1.54) is 4.90 Å². The van der Waals surface area contributed by atoms with E-state index in [2.05, 4.69) is 0 Å². The van der Waals surface area contributed by atoms with E-state index in [0.717, 1.165) is 5.56 Å². The summed E-state index contributed by atoms with van der Waals surface area (Å²) < 4.78 is 0. The molecule has 4 nitrogen and oxygen atoms in total. The van der Waals surface area contributed by atoms with Crippen LogP contribution in [-0.4, -0.2) is 28.4 Å². The van der Waals surface area contributed by atoms with Gasteiger partial charge < -0.3 is 5.11 Å². The molecule has 118 valence electrons. The Morgan fingerprint density at radius 1 is 1.00 bits per heavy atom. The number of hydrogen-bond acceptors (Lipinski definition) is 3. The largest absolute Gasteiger partial charge is 0.387 e. The van der Waals surface area contributed by atoms with Crippen LogP contribution in [0.15, 0.2) is 60.7 Å². The number of imide groups is 1. The summed E-state index contributed by atoms with van der Waals surface area (Å²) in [5, 5.41) is 10.2. The molecule has 1 N–H and O–H groups in total. The Kier molecular flexibility index (Phi) is 4.53. The number of aliphatic hydroxyl groups is 1. The van der Waals surface area contributed by atoms with Crippen LogP contribution in [0.2, 0.25) is 0 Å². The minimum atomic E-state index is -0.848. The van der Waals surface area contributed by atoms with E-state index in [1.54, 1.807) is 12.1 Å². The molecule has 0 aromatic heterocycles. The van der Waals surface area contributed by atoms with E-state index in [1.807, 2.05) is 48.5 Å². The van der Waals surface area contributed by atoms with Gasteiger partial charge in [0.25, 0.3) is 0 Å². The summed E-state index contributed by atoms with van der Waals surface area (Å²) in [4.78, 5) is 25.8. The highest BCUT2D eigenvalue weighted by Gasteiger charge is 2.39. The van der Waals surface area contributed by atoms with E-state index in [0.29, 0.717) is 12.0 Å². The smallest absolute Gasteiger partial charge is 0.233 e. The summed E-state index contributed by atoms with van der Waals surface area (Å²) in [6, 6.07) is 18.8. The predicted octanol–water partition coefficient (Wildman–Crippen LogP) is 2.34. The van der Waals surface area contributed by atoms with Crippen LogP contribution in [0, 0.1) is 5.92 Å². The molecule has 3 rings (SSSR count). The lowest BCUT2D eigenvalue weighted by atomic mass is 9.98. The molecule has 2 unspecified atom stereocenters. The number of aliphatic hydroxyl groups excluding tert-OH is 1. The molecule has 1 aliphatic heterocycles. The molecule has 0 aliphatic carbocycles. The number of β-amino-alcohol motifs (C(OH)–C–C–N with tert-alkyl or cyclic N) is 1. The maximum absolute atomic E-state index is 12.5. The first-order chi connectivity index (χ1) is 11.1. The van der Waals surface area contributed by atoms with E-state index in [4.69, 9.17) is 0 Å². The molecule has 4 heteroatoms. The molecule has 2 aromatic rings. The van der Waals surface area contributed by atoms with Crippen LogP contribution in [0.4, 0.5) is 0 Å². The summed E-state index contributed by atoms with van der Waals surface area (Å²) in [5.74, 6) is -0.715. The van der Waals surface area contributed by atoms with Gasteiger partial charge in [-0.1, -0.05) is 60.7 Å². The van der Waals surface area contributed by atoms with Gasteiger partial charge in [0.1, 0.15) is 0 Å². The van der Waals surface area contributed by atoms with Crippen molar-refractivity contribution < 1.29 is 14.7 Å². The molecule has 0 spiro atoms. The zero-order valence-electron chi connectivity index (χ0n) is 12.8. The second-order valence-electron chi connectivity index (χ2n) is 5.86. The van der Waals surface area contributed by atoms with Gasteiger partial charge in [0, 0.05) is 6.42 Å². The number of likely N-dealkylation sites (tertiary alicyclic amines) is 1. The van der Waals surface area contributed by atoms with Gasteiger partial charge in [-0.05, 0) is 17.5 Å². The monoisotopic (exact) mass is 309 g/mol. The van der Waals surface area contributed by atoms with Gasteiger partial charge in [-0.15, -0.1) is 0 Å². The van der Waals surface area contributed by atoms with Crippen LogP contribution < -0.4 is 0 Å². The highest BCUT2D eigenvalue weighted by atomic mass is 16.3. The zero-order valence-corrected chi connectivity index (χ0v) is 12.8. The van der Waals surface area contributed by atoms with Gasteiger partial charge in [-0.2, -0.15) is 0 Å². The molecule has 2 atom stereocenters. The molecule has 2 amide bonds. The van der Waals surface area contributed by atoms with Gasteiger partial charge in [-0.3, -0.25) is 14.5 Å². The summed E-state index contributed by atoms with van der Waals surface area (Å²) in [7, 11) is 0. The summed E-state index contributed by atoms with van der Waals surface area (Å²) in [6.07, 6.45) is -0.0712. The first-order valence-corrected chi connectivity index (χ1v) is 7.76. The normalized spacial score (nSPS) is 19.2. The fourth-order valence-corrected chi connectivity index (χ4v) is 2.95. The third kappa shape index (κ3) is 3.48. The van der Waals surface area contributed by atoms with E-state index in [-0.39, 0.29) is 30.7 Å². The molecule has 1 fully saturated rings. The summed E-state index contributed by atoms with van der Waals surface area (Å²) >= 11 is 0. The Morgan fingerprint density at radius 3 is 2.26 bits per heavy atom. The molecule has 0 bridgehead atoms. The van der Waals surface area contributed by atoms with Crippen molar-refractivity contribution in [1.29, 1.82) is 0 Å².